The molecule has 1 saturated carbocycles. The summed E-state index contributed by atoms with van der Waals surface area (Å²) in [6, 6.07) is 0. The van der Waals surface area contributed by atoms with Gasteiger partial charge in [0.15, 0.2) is 0 Å². The Morgan fingerprint density at radius 3 is 2.24 bits per heavy atom. The lowest BCUT2D eigenvalue weighted by molar-refractivity contribution is -0.147. The molecule has 2 aliphatic rings. The Hall–Kier alpha value is -1.06. The zero-order valence-corrected chi connectivity index (χ0v) is 10.2. The number of aliphatic carboxylic acids is 1. The molecule has 1 amide bonds. The SMILES string of the molecule is O=C(O)[C@H]1CCCN(C(=O)C2CCCCC2)C1. The predicted octanol–water partition coefficient (Wildman–Crippen LogP) is 1.89. The van der Waals surface area contributed by atoms with Gasteiger partial charge < -0.3 is 10.0 Å². The van der Waals surface area contributed by atoms with E-state index in [2.05, 4.69) is 0 Å². The van der Waals surface area contributed by atoms with Gasteiger partial charge in [0.1, 0.15) is 0 Å². The summed E-state index contributed by atoms with van der Waals surface area (Å²) in [5, 5.41) is 9.01. The predicted molar refractivity (Wildman–Crippen MR) is 63.5 cm³/mol. The van der Waals surface area contributed by atoms with Crippen LogP contribution >= 0.6 is 0 Å². The number of carboxylic acid groups (broad SMARTS) is 1. The summed E-state index contributed by atoms with van der Waals surface area (Å²) < 4.78 is 0. The van der Waals surface area contributed by atoms with E-state index in [0.717, 1.165) is 38.6 Å². The van der Waals surface area contributed by atoms with Gasteiger partial charge in [-0.2, -0.15) is 0 Å². The highest BCUT2D eigenvalue weighted by Crippen LogP contribution is 2.27. The molecule has 0 bridgehead atoms. The number of nitrogens with zero attached hydrogens (tertiary/aromatic N) is 1. The first-order valence-electron chi connectivity index (χ1n) is 6.70. The van der Waals surface area contributed by atoms with Crippen molar-refractivity contribution in [2.24, 2.45) is 11.8 Å². The van der Waals surface area contributed by atoms with Gasteiger partial charge in [-0.05, 0) is 25.7 Å². The lowest BCUT2D eigenvalue weighted by atomic mass is 9.87. The van der Waals surface area contributed by atoms with Crippen molar-refractivity contribution in [2.45, 2.75) is 44.9 Å². The summed E-state index contributed by atoms with van der Waals surface area (Å²) in [6.45, 7) is 1.17. The van der Waals surface area contributed by atoms with E-state index in [1.807, 2.05) is 0 Å². The summed E-state index contributed by atoms with van der Waals surface area (Å²) in [7, 11) is 0. The first-order chi connectivity index (χ1) is 8.18. The summed E-state index contributed by atoms with van der Waals surface area (Å²) in [5.41, 5.74) is 0. The number of piperidine rings is 1. The third kappa shape index (κ3) is 2.99. The molecule has 1 N–H and O–H groups in total. The average molecular weight is 239 g/mol. The Morgan fingerprint density at radius 2 is 1.59 bits per heavy atom. The lowest BCUT2D eigenvalue weighted by Crippen LogP contribution is -2.45. The molecule has 0 spiro atoms. The molecule has 0 radical (unpaired) electrons. The second-order valence-corrected chi connectivity index (χ2v) is 5.30. The Bertz CT molecular complexity index is 297. The van der Waals surface area contributed by atoms with E-state index in [1.54, 1.807) is 4.90 Å². The molecule has 2 rings (SSSR count). The summed E-state index contributed by atoms with van der Waals surface area (Å²) in [5.74, 6) is -0.741. The maximum Gasteiger partial charge on any atom is 0.308 e. The smallest absolute Gasteiger partial charge is 0.308 e. The van der Waals surface area contributed by atoms with Crippen LogP contribution in [-0.2, 0) is 9.59 Å². The van der Waals surface area contributed by atoms with Crippen LogP contribution in [-0.4, -0.2) is 35.0 Å². The molecule has 0 aromatic carbocycles. The molecule has 4 heteroatoms. The molecule has 1 aliphatic carbocycles. The van der Waals surface area contributed by atoms with Crippen LogP contribution in [0.3, 0.4) is 0 Å². The standard InChI is InChI=1S/C13H21NO3/c15-12(10-5-2-1-3-6-10)14-8-4-7-11(9-14)13(16)17/h10-11H,1-9H2,(H,16,17)/t11-/m0/s1. The molecule has 1 atom stereocenters. The van der Waals surface area contributed by atoms with Crippen molar-refractivity contribution in [3.63, 3.8) is 0 Å². The van der Waals surface area contributed by atoms with Crippen LogP contribution in [0.15, 0.2) is 0 Å². The van der Waals surface area contributed by atoms with Gasteiger partial charge in [0.2, 0.25) is 5.91 Å². The molecule has 0 aromatic heterocycles. The van der Waals surface area contributed by atoms with Crippen molar-refractivity contribution in [1.82, 2.24) is 4.90 Å². The average Bonchev–Trinajstić information content (AvgIpc) is 2.39. The van der Waals surface area contributed by atoms with Crippen LogP contribution in [0.1, 0.15) is 44.9 Å². The van der Waals surface area contributed by atoms with Crippen molar-refractivity contribution in [3.8, 4) is 0 Å². The number of rotatable bonds is 2. The molecule has 0 unspecified atom stereocenters. The van der Waals surface area contributed by atoms with Crippen LogP contribution in [0.25, 0.3) is 0 Å². The highest BCUT2D eigenvalue weighted by atomic mass is 16.4. The summed E-state index contributed by atoms with van der Waals surface area (Å²) in [4.78, 5) is 25.0. The van der Waals surface area contributed by atoms with Gasteiger partial charge in [0.05, 0.1) is 5.92 Å². The van der Waals surface area contributed by atoms with Crippen molar-refractivity contribution in [1.29, 1.82) is 0 Å². The van der Waals surface area contributed by atoms with E-state index >= 15 is 0 Å². The number of carbonyl (C=O) groups excluding carboxylic acids is 1. The molecule has 1 aliphatic heterocycles. The minimum Gasteiger partial charge on any atom is -0.481 e. The van der Waals surface area contributed by atoms with Gasteiger partial charge in [-0.3, -0.25) is 9.59 Å². The van der Waals surface area contributed by atoms with Crippen LogP contribution in [0.4, 0.5) is 0 Å². The second kappa shape index (κ2) is 5.52. The topological polar surface area (TPSA) is 57.6 Å². The zero-order chi connectivity index (χ0) is 12.3. The molecular formula is C13H21NO3. The van der Waals surface area contributed by atoms with Gasteiger partial charge in [0, 0.05) is 19.0 Å². The first-order valence-corrected chi connectivity index (χ1v) is 6.70. The molecule has 4 nitrogen and oxygen atoms in total. The van der Waals surface area contributed by atoms with E-state index in [1.165, 1.54) is 6.42 Å². The van der Waals surface area contributed by atoms with Crippen LogP contribution in [0.5, 0.6) is 0 Å². The zero-order valence-electron chi connectivity index (χ0n) is 10.2. The Kier molecular flexibility index (Phi) is 4.02. The Morgan fingerprint density at radius 1 is 0.941 bits per heavy atom. The second-order valence-electron chi connectivity index (χ2n) is 5.30. The fourth-order valence-electron chi connectivity index (χ4n) is 2.99. The van der Waals surface area contributed by atoms with Gasteiger partial charge in [-0.25, -0.2) is 0 Å². The quantitative estimate of drug-likeness (QED) is 0.800. The molecular weight excluding hydrogens is 218 g/mol. The van der Waals surface area contributed by atoms with Gasteiger partial charge in [0.25, 0.3) is 0 Å². The van der Waals surface area contributed by atoms with Crippen LogP contribution in [0.2, 0.25) is 0 Å². The monoisotopic (exact) mass is 239 g/mol. The van der Waals surface area contributed by atoms with Crippen molar-refractivity contribution in [3.05, 3.63) is 0 Å². The summed E-state index contributed by atoms with van der Waals surface area (Å²) in [6.07, 6.45) is 7.06. The number of carbonyl (C=O) groups is 2. The molecule has 1 saturated heterocycles. The number of hydrogen-bond donors (Lipinski definition) is 1. The fourth-order valence-corrected chi connectivity index (χ4v) is 2.99. The van der Waals surface area contributed by atoms with Crippen molar-refractivity contribution in [2.75, 3.05) is 13.1 Å². The molecule has 96 valence electrons. The molecule has 1 heterocycles. The van der Waals surface area contributed by atoms with E-state index < -0.39 is 5.97 Å². The first kappa shape index (κ1) is 12.4. The number of amides is 1. The Balaban J connectivity index is 1.91. The maximum absolute atomic E-state index is 12.3. The largest absolute Gasteiger partial charge is 0.481 e. The number of hydrogen-bond acceptors (Lipinski definition) is 2. The van der Waals surface area contributed by atoms with E-state index in [-0.39, 0.29) is 17.7 Å². The third-order valence-corrected chi connectivity index (χ3v) is 4.04. The number of carboxylic acids is 1. The maximum atomic E-state index is 12.3. The number of likely N-dealkylation sites (tertiary alicyclic amines) is 1. The lowest BCUT2D eigenvalue weighted by Gasteiger charge is -2.34. The van der Waals surface area contributed by atoms with E-state index in [4.69, 9.17) is 5.11 Å². The molecule has 2 fully saturated rings. The third-order valence-electron chi connectivity index (χ3n) is 4.04. The van der Waals surface area contributed by atoms with Crippen molar-refractivity contribution >= 4 is 11.9 Å². The fraction of sp³-hybridized carbons (Fsp3) is 0.846. The minimum atomic E-state index is -0.758. The van der Waals surface area contributed by atoms with E-state index in [9.17, 15) is 9.59 Å². The normalized spacial score (nSPS) is 26.8. The van der Waals surface area contributed by atoms with Crippen LogP contribution in [0, 0.1) is 11.8 Å². The van der Waals surface area contributed by atoms with Crippen LogP contribution < -0.4 is 0 Å². The highest BCUT2D eigenvalue weighted by Gasteiger charge is 2.31. The van der Waals surface area contributed by atoms with Crippen molar-refractivity contribution < 1.29 is 14.7 Å². The van der Waals surface area contributed by atoms with E-state index in [0.29, 0.717) is 13.0 Å². The van der Waals surface area contributed by atoms with Gasteiger partial charge >= 0.3 is 5.97 Å². The Labute approximate surface area is 102 Å². The molecule has 17 heavy (non-hydrogen) atoms. The van der Waals surface area contributed by atoms with Gasteiger partial charge in [-0.15, -0.1) is 0 Å². The molecule has 0 aromatic rings. The van der Waals surface area contributed by atoms with Gasteiger partial charge in [-0.1, -0.05) is 19.3 Å². The minimum absolute atomic E-state index is 0.163. The highest BCUT2D eigenvalue weighted by molar-refractivity contribution is 5.80. The summed E-state index contributed by atoms with van der Waals surface area (Å²) >= 11 is 0.